The molecule has 0 aliphatic carbocycles. The molecule has 21 heavy (non-hydrogen) atoms. The number of nitro groups is 1. The molecule has 0 radical (unpaired) electrons. The van der Waals surface area contributed by atoms with E-state index in [2.05, 4.69) is 5.32 Å². The molecule has 0 aliphatic rings. The Morgan fingerprint density at radius 2 is 1.95 bits per heavy atom. The van der Waals surface area contributed by atoms with Crippen LogP contribution in [0.1, 0.15) is 5.56 Å². The van der Waals surface area contributed by atoms with E-state index in [0.29, 0.717) is 21.4 Å². The Bertz CT molecular complexity index is 677. The second-order valence-corrected chi connectivity index (χ2v) is 5.03. The highest BCUT2D eigenvalue weighted by atomic mass is 35.5. The number of ether oxygens (including phenoxy) is 1. The van der Waals surface area contributed by atoms with Crippen LogP contribution in [0.4, 0.5) is 11.4 Å². The van der Waals surface area contributed by atoms with Crippen molar-refractivity contribution in [1.82, 2.24) is 0 Å². The van der Waals surface area contributed by atoms with Gasteiger partial charge in [-0.3, -0.25) is 10.1 Å². The summed E-state index contributed by atoms with van der Waals surface area (Å²) < 4.78 is 5.60. The molecule has 0 heterocycles. The van der Waals surface area contributed by atoms with E-state index in [1.165, 1.54) is 12.1 Å². The minimum Gasteiger partial charge on any atom is -0.489 e. The summed E-state index contributed by atoms with van der Waals surface area (Å²) in [5, 5.41) is 14.6. The number of benzene rings is 2. The SMILES string of the molecule is CNc1ccc([N+](=O)[O-])cc1COc1ccc(Cl)c(Cl)c1. The quantitative estimate of drug-likeness (QED) is 0.648. The first kappa shape index (κ1) is 15.4. The highest BCUT2D eigenvalue weighted by molar-refractivity contribution is 6.42. The van der Waals surface area contributed by atoms with Gasteiger partial charge in [-0.25, -0.2) is 0 Å². The maximum Gasteiger partial charge on any atom is 0.269 e. The highest BCUT2D eigenvalue weighted by Gasteiger charge is 2.11. The van der Waals surface area contributed by atoms with Gasteiger partial charge in [-0.15, -0.1) is 0 Å². The smallest absolute Gasteiger partial charge is 0.269 e. The Balaban J connectivity index is 2.19. The molecule has 0 spiro atoms. The van der Waals surface area contributed by atoms with Gasteiger partial charge in [0, 0.05) is 36.5 Å². The van der Waals surface area contributed by atoms with Crippen molar-refractivity contribution in [2.45, 2.75) is 6.61 Å². The second kappa shape index (κ2) is 6.65. The van der Waals surface area contributed by atoms with Crippen LogP contribution in [0.15, 0.2) is 36.4 Å². The Labute approximate surface area is 131 Å². The molecule has 2 rings (SSSR count). The summed E-state index contributed by atoms with van der Waals surface area (Å²) in [7, 11) is 1.74. The van der Waals surface area contributed by atoms with Gasteiger partial charge < -0.3 is 10.1 Å². The number of rotatable bonds is 5. The van der Waals surface area contributed by atoms with E-state index in [0.717, 1.165) is 5.69 Å². The van der Waals surface area contributed by atoms with Gasteiger partial charge in [-0.1, -0.05) is 23.2 Å². The molecule has 110 valence electrons. The van der Waals surface area contributed by atoms with Crippen molar-refractivity contribution < 1.29 is 9.66 Å². The third kappa shape index (κ3) is 3.77. The van der Waals surface area contributed by atoms with Crippen molar-refractivity contribution in [2.24, 2.45) is 0 Å². The summed E-state index contributed by atoms with van der Waals surface area (Å²) in [5.74, 6) is 0.540. The number of nitro benzene ring substituents is 1. The Kier molecular flexibility index (Phi) is 4.88. The van der Waals surface area contributed by atoms with Crippen LogP contribution in [0, 0.1) is 10.1 Å². The van der Waals surface area contributed by atoms with Crippen molar-refractivity contribution in [1.29, 1.82) is 0 Å². The molecule has 2 aromatic rings. The highest BCUT2D eigenvalue weighted by Crippen LogP contribution is 2.28. The number of nitrogens with one attached hydrogen (secondary N) is 1. The molecule has 0 unspecified atom stereocenters. The molecule has 0 amide bonds. The van der Waals surface area contributed by atoms with Gasteiger partial charge in [0.2, 0.25) is 0 Å². The fourth-order valence-corrected chi connectivity index (χ4v) is 2.07. The number of hydrogen-bond acceptors (Lipinski definition) is 4. The molecule has 7 heteroatoms. The van der Waals surface area contributed by atoms with E-state index in [1.54, 1.807) is 31.3 Å². The third-order valence-electron chi connectivity index (χ3n) is 2.85. The summed E-state index contributed by atoms with van der Waals surface area (Å²) in [6, 6.07) is 9.47. The summed E-state index contributed by atoms with van der Waals surface area (Å²) in [4.78, 5) is 10.4. The summed E-state index contributed by atoms with van der Waals surface area (Å²) in [6.07, 6.45) is 0. The topological polar surface area (TPSA) is 64.4 Å². The minimum atomic E-state index is -0.442. The van der Waals surface area contributed by atoms with Crippen molar-refractivity contribution in [3.05, 3.63) is 62.1 Å². The lowest BCUT2D eigenvalue weighted by Crippen LogP contribution is -2.02. The lowest BCUT2D eigenvalue weighted by molar-refractivity contribution is -0.384. The molecule has 5 nitrogen and oxygen atoms in total. The molecule has 0 aliphatic heterocycles. The van der Waals surface area contributed by atoms with Crippen molar-refractivity contribution >= 4 is 34.6 Å². The monoisotopic (exact) mass is 326 g/mol. The average molecular weight is 327 g/mol. The van der Waals surface area contributed by atoms with E-state index < -0.39 is 4.92 Å². The largest absolute Gasteiger partial charge is 0.489 e. The van der Waals surface area contributed by atoms with Gasteiger partial charge in [0.1, 0.15) is 12.4 Å². The van der Waals surface area contributed by atoms with Gasteiger partial charge in [0.25, 0.3) is 5.69 Å². The lowest BCUT2D eigenvalue weighted by atomic mass is 10.1. The number of hydrogen-bond donors (Lipinski definition) is 1. The van der Waals surface area contributed by atoms with Gasteiger partial charge in [-0.05, 0) is 18.2 Å². The minimum absolute atomic E-state index is 0.0155. The molecular weight excluding hydrogens is 315 g/mol. The first-order chi connectivity index (χ1) is 10.0. The Hall–Kier alpha value is -1.98. The summed E-state index contributed by atoms with van der Waals surface area (Å²) in [6.45, 7) is 0.176. The fourth-order valence-electron chi connectivity index (χ4n) is 1.78. The predicted octanol–water partition coefficient (Wildman–Crippen LogP) is 4.52. The van der Waals surface area contributed by atoms with Crippen LogP contribution in [-0.2, 0) is 6.61 Å². The van der Waals surface area contributed by atoms with Crippen LogP contribution in [0.5, 0.6) is 5.75 Å². The van der Waals surface area contributed by atoms with Crippen molar-refractivity contribution in [2.75, 3.05) is 12.4 Å². The molecule has 0 aromatic heterocycles. The van der Waals surface area contributed by atoms with Gasteiger partial charge in [0.15, 0.2) is 0 Å². The zero-order chi connectivity index (χ0) is 15.4. The van der Waals surface area contributed by atoms with Crippen LogP contribution < -0.4 is 10.1 Å². The van der Waals surface area contributed by atoms with Crippen LogP contribution >= 0.6 is 23.2 Å². The van der Waals surface area contributed by atoms with Crippen molar-refractivity contribution in [3.8, 4) is 5.75 Å². The fraction of sp³-hybridized carbons (Fsp3) is 0.143. The van der Waals surface area contributed by atoms with Crippen molar-refractivity contribution in [3.63, 3.8) is 0 Å². The summed E-state index contributed by atoms with van der Waals surface area (Å²) >= 11 is 11.7. The standard InChI is InChI=1S/C14H12Cl2N2O3/c1-17-14-5-2-10(18(19)20)6-9(14)8-21-11-3-4-12(15)13(16)7-11/h2-7,17H,8H2,1H3. The molecule has 0 saturated heterocycles. The van der Waals surface area contributed by atoms with E-state index in [4.69, 9.17) is 27.9 Å². The number of nitrogens with zero attached hydrogens (tertiary/aromatic N) is 1. The Morgan fingerprint density at radius 3 is 2.57 bits per heavy atom. The first-order valence-electron chi connectivity index (χ1n) is 6.04. The third-order valence-corrected chi connectivity index (χ3v) is 3.59. The van der Waals surface area contributed by atoms with Crippen LogP contribution in [0.2, 0.25) is 10.0 Å². The number of halogens is 2. The van der Waals surface area contributed by atoms with Crippen LogP contribution in [0.25, 0.3) is 0 Å². The first-order valence-corrected chi connectivity index (χ1v) is 6.80. The second-order valence-electron chi connectivity index (χ2n) is 4.21. The normalized spacial score (nSPS) is 10.2. The van der Waals surface area contributed by atoms with E-state index in [9.17, 15) is 10.1 Å². The van der Waals surface area contributed by atoms with Crippen LogP contribution in [0.3, 0.4) is 0 Å². The molecule has 0 saturated carbocycles. The zero-order valence-corrected chi connectivity index (χ0v) is 12.6. The summed E-state index contributed by atoms with van der Waals surface area (Å²) in [5.41, 5.74) is 1.46. The molecule has 1 N–H and O–H groups in total. The average Bonchev–Trinajstić information content (AvgIpc) is 2.48. The predicted molar refractivity (Wildman–Crippen MR) is 83.4 cm³/mol. The number of non-ortho nitro benzene ring substituents is 1. The molecular formula is C14H12Cl2N2O3. The lowest BCUT2D eigenvalue weighted by Gasteiger charge is -2.11. The zero-order valence-electron chi connectivity index (χ0n) is 11.1. The Morgan fingerprint density at radius 1 is 1.19 bits per heavy atom. The van der Waals surface area contributed by atoms with Crippen LogP contribution in [-0.4, -0.2) is 12.0 Å². The molecule has 2 aromatic carbocycles. The van der Waals surface area contributed by atoms with Gasteiger partial charge in [-0.2, -0.15) is 0 Å². The van der Waals surface area contributed by atoms with Gasteiger partial charge >= 0.3 is 0 Å². The molecule has 0 fully saturated rings. The maximum absolute atomic E-state index is 10.8. The van der Waals surface area contributed by atoms with E-state index >= 15 is 0 Å². The molecule has 0 atom stereocenters. The molecule has 0 bridgehead atoms. The van der Waals surface area contributed by atoms with E-state index in [1.807, 2.05) is 0 Å². The van der Waals surface area contributed by atoms with Gasteiger partial charge in [0.05, 0.1) is 15.0 Å². The van der Waals surface area contributed by atoms with E-state index in [-0.39, 0.29) is 12.3 Å². The maximum atomic E-state index is 10.8. The number of anilines is 1.